The number of hydrogen-bond donors (Lipinski definition) is 7. The van der Waals surface area contributed by atoms with Crippen LogP contribution in [0.4, 0.5) is 10.1 Å². The van der Waals surface area contributed by atoms with E-state index >= 15 is 4.39 Å². The van der Waals surface area contributed by atoms with Crippen LogP contribution in [0, 0.1) is 12.7 Å². The molecule has 384 valence electrons. The molecule has 4 aliphatic rings. The molecule has 1 saturated heterocycles. The highest BCUT2D eigenvalue weighted by molar-refractivity contribution is 7.82. The largest absolute Gasteiger partial charge is 0.458 e. The molecule has 0 saturated carbocycles. The number of thiol groups is 1. The van der Waals surface area contributed by atoms with E-state index in [0.717, 1.165) is 32.5 Å². The van der Waals surface area contributed by atoms with Crippen molar-refractivity contribution in [2.75, 3.05) is 37.9 Å². The molecule has 2 aromatic heterocycles. The second-order valence-corrected chi connectivity index (χ2v) is 19.1. The molecule has 0 spiro atoms. The monoisotopic (exact) mass is 1030 g/mol. The minimum atomic E-state index is -1.64. The van der Waals surface area contributed by atoms with Crippen LogP contribution in [0.1, 0.15) is 75.8 Å². The van der Waals surface area contributed by atoms with E-state index in [2.05, 4.69) is 39.2 Å². The maximum Gasteiger partial charge on any atom is 0.340 e. The standard InChI is InChI=1S/C52H51FN8O12S/c1-26-31-13-10-29(45-33-22-60-38(47(33)59-36(46(31)45)17-35(26)53)16-32-34(50(60)69)24-73-52(71)48(32)67)23-72-25-57-42(64)20-56-49(68)37(15-28-5-3-2-4-6-28)58-43(65)21-55-41(63)19-54-40(62)14-9-27-7-11-30(12-8-27)61-44(66)18-39(74)51(61)70/h2-8,11-12,16-17,29,37,39,48,67,74H,9-10,13-15,18-25H2,1H3,(H,54,62)(H,55,63)(H,56,68)(H,57,64)(H,58,65). The minimum Gasteiger partial charge on any atom is -0.458 e. The second kappa shape index (κ2) is 21.7. The fraction of sp³-hybridized carbons (Fsp3) is 0.346. The number of pyridine rings is 2. The molecule has 0 bridgehead atoms. The van der Waals surface area contributed by atoms with Gasteiger partial charge in [-0.3, -0.25) is 38.4 Å². The topological polar surface area (TPSA) is 274 Å². The van der Waals surface area contributed by atoms with Crippen molar-refractivity contribution in [3.05, 3.63) is 127 Å². The number of imide groups is 1. The highest BCUT2D eigenvalue weighted by Crippen LogP contribution is 2.46. The number of nitrogens with zero attached hydrogens (tertiary/aromatic N) is 3. The van der Waals surface area contributed by atoms with Crippen molar-refractivity contribution in [2.24, 2.45) is 0 Å². The Labute approximate surface area is 427 Å². The number of aryl methyl sites for hydroxylation is 2. The lowest BCUT2D eigenvalue weighted by Crippen LogP contribution is -2.52. The molecule has 5 heterocycles. The minimum absolute atomic E-state index is 0.0217. The van der Waals surface area contributed by atoms with Crippen molar-refractivity contribution in [3.8, 4) is 11.4 Å². The molecule has 5 aromatic rings. The van der Waals surface area contributed by atoms with Gasteiger partial charge >= 0.3 is 5.97 Å². The fourth-order valence-corrected chi connectivity index (χ4v) is 10.1. The molecule has 3 aliphatic heterocycles. The molecular formula is C52H51FN8O12S. The molecule has 1 fully saturated rings. The molecule has 9 rings (SSSR count). The first-order chi connectivity index (χ1) is 35.6. The fourth-order valence-electron chi connectivity index (χ4n) is 9.82. The summed E-state index contributed by atoms with van der Waals surface area (Å²) in [7, 11) is 0. The van der Waals surface area contributed by atoms with E-state index in [9.17, 15) is 48.3 Å². The summed E-state index contributed by atoms with van der Waals surface area (Å²) >= 11 is 4.14. The zero-order valence-electron chi connectivity index (χ0n) is 40.0. The average molecular weight is 1030 g/mol. The van der Waals surface area contributed by atoms with Crippen LogP contribution in [0.15, 0.2) is 71.5 Å². The third-order valence-electron chi connectivity index (χ3n) is 13.7. The van der Waals surface area contributed by atoms with Crippen molar-refractivity contribution in [1.82, 2.24) is 36.1 Å². The molecule has 4 atom stereocenters. The Morgan fingerprint density at radius 1 is 0.878 bits per heavy atom. The molecule has 74 heavy (non-hydrogen) atoms. The lowest BCUT2D eigenvalue weighted by atomic mass is 9.78. The molecule has 0 radical (unpaired) electrons. The number of benzene rings is 3. The van der Waals surface area contributed by atoms with Gasteiger partial charge in [-0.25, -0.2) is 19.1 Å². The molecule has 7 amide bonds. The number of esters is 1. The van der Waals surface area contributed by atoms with Gasteiger partial charge in [0.05, 0.1) is 66.2 Å². The number of halogens is 1. The third kappa shape index (κ3) is 10.6. The molecule has 6 N–H and O–H groups in total. The van der Waals surface area contributed by atoms with Gasteiger partial charge in [0.2, 0.25) is 41.4 Å². The van der Waals surface area contributed by atoms with Crippen LogP contribution in [-0.2, 0) is 80.2 Å². The van der Waals surface area contributed by atoms with Crippen LogP contribution >= 0.6 is 12.6 Å². The van der Waals surface area contributed by atoms with Crippen molar-refractivity contribution < 1.29 is 57.3 Å². The average Bonchev–Trinajstić information content (AvgIpc) is 3.89. The number of cyclic esters (lactones) is 1. The summed E-state index contributed by atoms with van der Waals surface area (Å²) in [5.74, 6) is -5.34. The number of rotatable bonds is 18. The highest BCUT2D eigenvalue weighted by atomic mass is 32.1. The van der Waals surface area contributed by atoms with Gasteiger partial charge < -0.3 is 45.7 Å². The van der Waals surface area contributed by atoms with Crippen LogP contribution < -0.4 is 37.0 Å². The van der Waals surface area contributed by atoms with E-state index in [-0.39, 0.29) is 68.7 Å². The number of aliphatic hydroxyl groups excluding tert-OH is 1. The summed E-state index contributed by atoms with van der Waals surface area (Å²) in [6.45, 7) is 0.0480. The lowest BCUT2D eigenvalue weighted by Gasteiger charge is -2.29. The quantitative estimate of drug-likeness (QED) is 0.0211. The zero-order chi connectivity index (χ0) is 52.4. The van der Waals surface area contributed by atoms with E-state index in [1.54, 1.807) is 67.6 Å². The number of amides is 7. The van der Waals surface area contributed by atoms with Gasteiger partial charge in [-0.2, -0.15) is 12.6 Å². The van der Waals surface area contributed by atoms with Gasteiger partial charge in [0.25, 0.3) is 5.56 Å². The van der Waals surface area contributed by atoms with Crippen molar-refractivity contribution in [1.29, 1.82) is 0 Å². The first-order valence-electron chi connectivity index (χ1n) is 23.9. The van der Waals surface area contributed by atoms with Crippen molar-refractivity contribution >= 4 is 76.5 Å². The summed E-state index contributed by atoms with van der Waals surface area (Å²) in [6, 6.07) is 17.2. The number of fused-ring (bicyclic) bond motifs is 5. The van der Waals surface area contributed by atoms with Gasteiger partial charge in [0.1, 0.15) is 25.2 Å². The molecule has 4 unspecified atom stereocenters. The Morgan fingerprint density at radius 2 is 1.59 bits per heavy atom. The van der Waals surface area contributed by atoms with Crippen LogP contribution in [0.25, 0.3) is 22.3 Å². The Kier molecular flexibility index (Phi) is 15.0. The Bertz CT molecular complexity index is 3210. The summed E-state index contributed by atoms with van der Waals surface area (Å²) in [5.41, 5.74) is 5.82. The number of hydrogen-bond acceptors (Lipinski definition) is 14. The summed E-state index contributed by atoms with van der Waals surface area (Å²) in [6.07, 6.45) is -0.142. The number of carbonyl (C=O) groups excluding carboxylic acids is 8. The van der Waals surface area contributed by atoms with Gasteiger partial charge in [-0.15, -0.1) is 0 Å². The van der Waals surface area contributed by atoms with E-state index in [0.29, 0.717) is 53.0 Å². The van der Waals surface area contributed by atoms with E-state index in [4.69, 9.17) is 14.5 Å². The molecular weight excluding hydrogens is 980 g/mol. The number of anilines is 1. The smallest absolute Gasteiger partial charge is 0.340 e. The van der Waals surface area contributed by atoms with Crippen LogP contribution in [0.5, 0.6) is 0 Å². The van der Waals surface area contributed by atoms with Crippen LogP contribution in [0.2, 0.25) is 0 Å². The normalized spacial score (nSPS) is 17.7. The summed E-state index contributed by atoms with van der Waals surface area (Å²) in [4.78, 5) is 121. The van der Waals surface area contributed by atoms with Gasteiger partial charge in [-0.05, 0) is 72.2 Å². The van der Waals surface area contributed by atoms with E-state index in [1.807, 2.05) is 0 Å². The number of carbonyl (C=O) groups is 8. The van der Waals surface area contributed by atoms with Crippen LogP contribution in [-0.4, -0.2) is 106 Å². The Hall–Kier alpha value is -7.82. The Morgan fingerprint density at radius 3 is 2.34 bits per heavy atom. The van der Waals surface area contributed by atoms with Gasteiger partial charge in [0.15, 0.2) is 6.10 Å². The zero-order valence-corrected chi connectivity index (χ0v) is 40.9. The summed E-state index contributed by atoms with van der Waals surface area (Å²) in [5, 5.41) is 23.4. The van der Waals surface area contributed by atoms with Crippen molar-refractivity contribution in [2.45, 2.75) is 81.9 Å². The van der Waals surface area contributed by atoms with Crippen LogP contribution in [0.3, 0.4) is 0 Å². The Balaban J connectivity index is 0.751. The summed E-state index contributed by atoms with van der Waals surface area (Å²) < 4.78 is 27.8. The lowest BCUT2D eigenvalue weighted by molar-refractivity contribution is -0.157. The maximum absolute atomic E-state index is 15.3. The number of aromatic nitrogens is 2. The van der Waals surface area contributed by atoms with E-state index in [1.165, 1.54) is 10.6 Å². The van der Waals surface area contributed by atoms with E-state index < -0.39 is 89.8 Å². The number of ether oxygens (including phenoxy) is 2. The highest BCUT2D eigenvalue weighted by Gasteiger charge is 2.39. The first kappa shape index (κ1) is 51.1. The molecule has 20 nitrogen and oxygen atoms in total. The SMILES string of the molecule is Cc1c(F)cc2nc3c(c4c2c1CCC4COCNC(=O)CNC(=O)C(Cc1ccccc1)NC(=O)CNC(=O)CNC(=O)CCc1ccc(N2C(=O)CC(S)C2=O)cc1)Cn1c-3cc2c(c1=O)COC(=O)C2O. The van der Waals surface area contributed by atoms with Gasteiger partial charge in [0, 0.05) is 47.8 Å². The van der Waals surface area contributed by atoms with Crippen molar-refractivity contribution in [3.63, 3.8) is 0 Å². The molecule has 1 aliphatic carbocycles. The molecule has 3 aromatic carbocycles. The predicted octanol–water partition coefficient (Wildman–Crippen LogP) is 1.35. The maximum atomic E-state index is 15.3. The number of aliphatic hydroxyl groups is 1. The first-order valence-corrected chi connectivity index (χ1v) is 24.5. The predicted molar refractivity (Wildman–Crippen MR) is 266 cm³/mol. The molecule has 22 heteroatoms. The second-order valence-electron chi connectivity index (χ2n) is 18.5. The van der Waals surface area contributed by atoms with Gasteiger partial charge in [-0.1, -0.05) is 42.5 Å². The number of nitrogens with one attached hydrogen (secondary N) is 5. The third-order valence-corrected chi connectivity index (χ3v) is 14.1.